The van der Waals surface area contributed by atoms with Gasteiger partial charge in [0.1, 0.15) is 0 Å². The fourth-order valence-electron chi connectivity index (χ4n) is 3.74. The molecule has 1 aliphatic rings. The molecule has 7 heteroatoms. The Kier molecular flexibility index (Phi) is 6.16. The second-order valence-corrected chi connectivity index (χ2v) is 9.14. The summed E-state index contributed by atoms with van der Waals surface area (Å²) in [7, 11) is 0. The molecule has 3 aromatic rings. The van der Waals surface area contributed by atoms with Crippen molar-refractivity contribution in [3.05, 3.63) is 63.4 Å². The maximum atomic E-state index is 13.4. The van der Waals surface area contributed by atoms with Crippen molar-refractivity contribution in [3.8, 4) is 5.69 Å². The summed E-state index contributed by atoms with van der Waals surface area (Å²) in [5.74, 6) is 1.00. The third-order valence-corrected chi connectivity index (χ3v) is 7.02. The summed E-state index contributed by atoms with van der Waals surface area (Å²) >= 11 is 7.63. The number of fused-ring (bicyclic) bond motifs is 1. The van der Waals surface area contributed by atoms with Gasteiger partial charge in [-0.3, -0.25) is 14.2 Å². The number of likely N-dealkylation sites (tertiary alicyclic amines) is 1. The zero-order chi connectivity index (χ0) is 21.3. The van der Waals surface area contributed by atoms with Crippen molar-refractivity contribution in [1.29, 1.82) is 0 Å². The van der Waals surface area contributed by atoms with E-state index in [0.29, 0.717) is 32.7 Å². The van der Waals surface area contributed by atoms with Crippen LogP contribution in [0, 0.1) is 12.8 Å². The Morgan fingerprint density at radius 3 is 2.67 bits per heavy atom. The topological polar surface area (TPSA) is 55.2 Å². The van der Waals surface area contributed by atoms with Gasteiger partial charge in [0.25, 0.3) is 5.56 Å². The van der Waals surface area contributed by atoms with Gasteiger partial charge in [-0.2, -0.15) is 0 Å². The maximum Gasteiger partial charge on any atom is 0.266 e. The number of carbonyl (C=O) groups excluding carboxylic acids is 1. The number of nitrogens with zero attached hydrogens (tertiary/aromatic N) is 3. The normalized spacial score (nSPS) is 15.0. The van der Waals surface area contributed by atoms with Crippen molar-refractivity contribution in [2.45, 2.75) is 31.8 Å². The number of carbonyl (C=O) groups is 1. The van der Waals surface area contributed by atoms with Gasteiger partial charge in [-0.1, -0.05) is 48.5 Å². The maximum absolute atomic E-state index is 13.4. The van der Waals surface area contributed by atoms with Crippen molar-refractivity contribution in [2.24, 2.45) is 5.92 Å². The van der Waals surface area contributed by atoms with E-state index < -0.39 is 0 Å². The summed E-state index contributed by atoms with van der Waals surface area (Å²) in [6.07, 6.45) is 2.08. The quantitative estimate of drug-likeness (QED) is 0.435. The first-order valence-electron chi connectivity index (χ1n) is 10.1. The van der Waals surface area contributed by atoms with Gasteiger partial charge in [-0.25, -0.2) is 4.98 Å². The highest BCUT2D eigenvalue weighted by Gasteiger charge is 2.22. The van der Waals surface area contributed by atoms with E-state index in [2.05, 4.69) is 6.92 Å². The molecule has 4 rings (SSSR count). The number of benzene rings is 2. The lowest BCUT2D eigenvalue weighted by molar-refractivity contribution is -0.129. The van der Waals surface area contributed by atoms with E-state index in [1.54, 1.807) is 16.7 Å². The van der Waals surface area contributed by atoms with E-state index in [9.17, 15) is 9.59 Å². The molecule has 0 radical (unpaired) electrons. The van der Waals surface area contributed by atoms with E-state index in [0.717, 1.165) is 31.5 Å². The van der Waals surface area contributed by atoms with Crippen LogP contribution >= 0.6 is 23.4 Å². The number of thioether (sulfide) groups is 1. The number of hydrogen-bond acceptors (Lipinski definition) is 4. The molecule has 0 bridgehead atoms. The molecule has 1 aromatic heterocycles. The first-order valence-corrected chi connectivity index (χ1v) is 11.5. The lowest BCUT2D eigenvalue weighted by Gasteiger charge is -2.30. The van der Waals surface area contributed by atoms with Crippen LogP contribution in [0.15, 0.2) is 52.4 Å². The van der Waals surface area contributed by atoms with Crippen LogP contribution in [-0.2, 0) is 4.79 Å². The standard InChI is InChI=1S/C23H24ClN3O2S/c1-15-10-12-26(13-11-15)21(28)14-30-23-25-19-8-4-3-6-17(19)22(29)27(23)20-9-5-7-18(24)16(20)2/h3-9,15H,10-14H2,1-2H3. The van der Waals surface area contributed by atoms with Gasteiger partial charge in [0.2, 0.25) is 5.91 Å². The van der Waals surface area contributed by atoms with Crippen LogP contribution in [0.3, 0.4) is 0 Å². The molecule has 0 atom stereocenters. The Balaban J connectivity index is 1.72. The Morgan fingerprint density at radius 1 is 1.17 bits per heavy atom. The van der Waals surface area contributed by atoms with Gasteiger partial charge in [0.05, 0.1) is 22.3 Å². The molecule has 1 saturated heterocycles. The molecule has 0 unspecified atom stereocenters. The van der Waals surface area contributed by atoms with Crippen molar-refractivity contribution in [3.63, 3.8) is 0 Å². The van der Waals surface area contributed by atoms with Crippen LogP contribution in [0.1, 0.15) is 25.3 Å². The fraction of sp³-hybridized carbons (Fsp3) is 0.348. The van der Waals surface area contributed by atoms with Crippen molar-refractivity contribution >= 4 is 40.2 Å². The SMILES string of the molecule is Cc1c(Cl)cccc1-n1c(SCC(=O)N2CCC(C)CC2)nc2ccccc2c1=O. The molecule has 2 heterocycles. The zero-order valence-electron chi connectivity index (χ0n) is 17.1. The Bertz CT molecular complexity index is 1150. The number of piperidine rings is 1. The lowest BCUT2D eigenvalue weighted by Crippen LogP contribution is -2.39. The largest absolute Gasteiger partial charge is 0.342 e. The van der Waals surface area contributed by atoms with Crippen LogP contribution in [0.4, 0.5) is 0 Å². The van der Waals surface area contributed by atoms with Gasteiger partial charge in [-0.05, 0) is 55.5 Å². The summed E-state index contributed by atoms with van der Waals surface area (Å²) in [5.41, 5.74) is 1.96. The highest BCUT2D eigenvalue weighted by atomic mass is 35.5. The summed E-state index contributed by atoms with van der Waals surface area (Å²) in [6.45, 7) is 5.70. The van der Waals surface area contributed by atoms with Crippen LogP contribution in [0.25, 0.3) is 16.6 Å². The van der Waals surface area contributed by atoms with Gasteiger partial charge in [-0.15, -0.1) is 0 Å². The molecule has 1 amide bonds. The second-order valence-electron chi connectivity index (χ2n) is 7.79. The van der Waals surface area contributed by atoms with Gasteiger partial charge in [0, 0.05) is 18.1 Å². The molecule has 1 aliphatic heterocycles. The first-order chi connectivity index (χ1) is 14.5. The fourth-order valence-corrected chi connectivity index (χ4v) is 4.81. The minimum Gasteiger partial charge on any atom is -0.342 e. The van der Waals surface area contributed by atoms with E-state index in [-0.39, 0.29) is 17.2 Å². The minimum absolute atomic E-state index is 0.0867. The predicted molar refractivity (Wildman–Crippen MR) is 123 cm³/mol. The molecule has 0 aliphatic carbocycles. The molecule has 5 nitrogen and oxygen atoms in total. The number of para-hydroxylation sites is 1. The number of hydrogen-bond donors (Lipinski definition) is 0. The molecular formula is C23H24ClN3O2S. The number of halogens is 1. The van der Waals surface area contributed by atoms with Crippen LogP contribution < -0.4 is 5.56 Å². The summed E-state index contributed by atoms with van der Waals surface area (Å²) in [5, 5.41) is 1.63. The number of rotatable bonds is 4. The summed E-state index contributed by atoms with van der Waals surface area (Å²) in [6, 6.07) is 12.8. The highest BCUT2D eigenvalue weighted by Crippen LogP contribution is 2.27. The van der Waals surface area contributed by atoms with Gasteiger partial charge in [0.15, 0.2) is 5.16 Å². The molecule has 1 fully saturated rings. The molecule has 0 N–H and O–H groups in total. The minimum atomic E-state index is -0.160. The number of aromatic nitrogens is 2. The third kappa shape index (κ3) is 4.12. The zero-order valence-corrected chi connectivity index (χ0v) is 18.7. The molecular weight excluding hydrogens is 418 g/mol. The Hall–Kier alpha value is -2.31. The van der Waals surface area contributed by atoms with Crippen molar-refractivity contribution < 1.29 is 4.79 Å². The van der Waals surface area contributed by atoms with Crippen LogP contribution in [0.5, 0.6) is 0 Å². The van der Waals surface area contributed by atoms with Gasteiger partial charge < -0.3 is 4.90 Å². The molecule has 2 aromatic carbocycles. The molecule has 0 spiro atoms. The monoisotopic (exact) mass is 441 g/mol. The highest BCUT2D eigenvalue weighted by molar-refractivity contribution is 7.99. The first kappa shape index (κ1) is 20.9. The molecule has 156 valence electrons. The number of amides is 1. The average molecular weight is 442 g/mol. The van der Waals surface area contributed by atoms with Crippen molar-refractivity contribution in [1.82, 2.24) is 14.5 Å². The summed E-state index contributed by atoms with van der Waals surface area (Å²) in [4.78, 5) is 32.8. The third-order valence-electron chi connectivity index (χ3n) is 5.69. The Labute approximate surface area is 185 Å². The van der Waals surface area contributed by atoms with Gasteiger partial charge >= 0.3 is 0 Å². The predicted octanol–water partition coefficient (Wildman–Crippen LogP) is 4.70. The molecule has 30 heavy (non-hydrogen) atoms. The average Bonchev–Trinajstić information content (AvgIpc) is 2.75. The van der Waals surface area contributed by atoms with E-state index in [1.807, 2.05) is 42.2 Å². The second kappa shape index (κ2) is 8.82. The lowest BCUT2D eigenvalue weighted by atomic mass is 9.99. The van der Waals surface area contributed by atoms with E-state index in [1.165, 1.54) is 11.8 Å². The molecule has 0 saturated carbocycles. The van der Waals surface area contributed by atoms with Crippen molar-refractivity contribution in [2.75, 3.05) is 18.8 Å². The van der Waals surface area contributed by atoms with E-state index >= 15 is 0 Å². The smallest absolute Gasteiger partial charge is 0.266 e. The van der Waals surface area contributed by atoms with Crippen LogP contribution in [0.2, 0.25) is 5.02 Å². The van der Waals surface area contributed by atoms with Crippen LogP contribution in [-0.4, -0.2) is 39.2 Å². The summed E-state index contributed by atoms with van der Waals surface area (Å²) < 4.78 is 1.58. The van der Waals surface area contributed by atoms with E-state index in [4.69, 9.17) is 16.6 Å². The Morgan fingerprint density at radius 2 is 1.90 bits per heavy atom.